The Kier molecular flexibility index (Phi) is 3.31. The topological polar surface area (TPSA) is 69.6 Å². The fourth-order valence-electron chi connectivity index (χ4n) is 1.99. The van der Waals surface area contributed by atoms with Gasteiger partial charge >= 0.3 is 0 Å². The molecule has 1 heterocycles. The number of rotatable bonds is 2. The fraction of sp³-hybridized carbons (Fsp3) is 0.0714. The molecule has 5 nitrogen and oxygen atoms in total. The van der Waals surface area contributed by atoms with E-state index >= 15 is 0 Å². The summed E-state index contributed by atoms with van der Waals surface area (Å²) in [6, 6.07) is 9.82. The normalized spacial score (nSPS) is 10.8. The van der Waals surface area contributed by atoms with Gasteiger partial charge in [0.15, 0.2) is 11.6 Å². The average Bonchev–Trinajstić information content (AvgIpc) is 2.91. The van der Waals surface area contributed by atoms with E-state index in [1.165, 1.54) is 16.8 Å². The smallest absolute Gasteiger partial charge is 0.187 e. The summed E-state index contributed by atoms with van der Waals surface area (Å²) in [6.45, 7) is 1.90. The van der Waals surface area contributed by atoms with Gasteiger partial charge in [-0.1, -0.05) is 29.8 Å². The second-order valence-electron chi connectivity index (χ2n) is 4.56. The van der Waals surface area contributed by atoms with Crippen LogP contribution in [0.2, 0.25) is 5.02 Å². The average molecular weight is 304 g/mol. The van der Waals surface area contributed by atoms with Crippen LogP contribution in [0.25, 0.3) is 17.1 Å². The van der Waals surface area contributed by atoms with Crippen LogP contribution < -0.4 is 5.73 Å². The predicted octanol–water partition coefficient (Wildman–Crippen LogP) is 3.01. The lowest BCUT2D eigenvalue weighted by Gasteiger charge is -2.08. The minimum Gasteiger partial charge on any atom is -0.398 e. The van der Waals surface area contributed by atoms with E-state index in [1.807, 2.05) is 19.1 Å². The number of anilines is 1. The fourth-order valence-corrected chi connectivity index (χ4v) is 2.23. The molecule has 0 aliphatic carbocycles. The van der Waals surface area contributed by atoms with Crippen LogP contribution in [0.5, 0.6) is 0 Å². The Morgan fingerprint density at radius 2 is 2.05 bits per heavy atom. The molecular formula is C14H11ClFN5. The summed E-state index contributed by atoms with van der Waals surface area (Å²) in [5.41, 5.74) is 8.25. The largest absolute Gasteiger partial charge is 0.398 e. The number of para-hydroxylation sites is 1. The van der Waals surface area contributed by atoms with Gasteiger partial charge in [0.1, 0.15) is 5.69 Å². The van der Waals surface area contributed by atoms with Gasteiger partial charge < -0.3 is 5.73 Å². The molecule has 0 aliphatic heterocycles. The van der Waals surface area contributed by atoms with Crippen LogP contribution in [-0.2, 0) is 0 Å². The van der Waals surface area contributed by atoms with Crippen LogP contribution in [0.3, 0.4) is 0 Å². The Balaban J connectivity index is 2.20. The first-order valence-corrected chi connectivity index (χ1v) is 6.55. The van der Waals surface area contributed by atoms with Gasteiger partial charge in [-0.25, -0.2) is 4.39 Å². The van der Waals surface area contributed by atoms with Gasteiger partial charge in [-0.15, -0.1) is 5.10 Å². The molecule has 7 heteroatoms. The molecule has 21 heavy (non-hydrogen) atoms. The number of benzene rings is 2. The van der Waals surface area contributed by atoms with Gasteiger partial charge in [0, 0.05) is 11.3 Å². The maximum atomic E-state index is 14.0. The molecule has 106 valence electrons. The third kappa shape index (κ3) is 2.34. The first-order chi connectivity index (χ1) is 10.1. The Morgan fingerprint density at radius 1 is 1.24 bits per heavy atom. The first kappa shape index (κ1) is 13.5. The van der Waals surface area contributed by atoms with Crippen LogP contribution in [0.4, 0.5) is 10.1 Å². The van der Waals surface area contributed by atoms with E-state index < -0.39 is 5.82 Å². The first-order valence-electron chi connectivity index (χ1n) is 6.17. The number of nitrogens with zero attached hydrogens (tertiary/aromatic N) is 4. The Hall–Kier alpha value is -2.47. The summed E-state index contributed by atoms with van der Waals surface area (Å²) >= 11 is 6.06. The van der Waals surface area contributed by atoms with Crippen molar-refractivity contribution in [1.82, 2.24) is 20.2 Å². The van der Waals surface area contributed by atoms with Crippen LogP contribution in [0.15, 0.2) is 36.4 Å². The van der Waals surface area contributed by atoms with Crippen LogP contribution in [0, 0.1) is 12.7 Å². The standard InChI is InChI=1S/C14H11ClFN5/c1-8-5-6-9(7-12(8)17)14-18-19-20-21(14)13-10(15)3-2-4-11(13)16/h2-7H,17H2,1H3. The van der Waals surface area contributed by atoms with Crippen LogP contribution >= 0.6 is 11.6 Å². The maximum absolute atomic E-state index is 14.0. The SMILES string of the molecule is Cc1ccc(-c2nnnn2-c2c(F)cccc2Cl)cc1N. The molecule has 0 bridgehead atoms. The quantitative estimate of drug-likeness (QED) is 0.739. The molecule has 0 saturated heterocycles. The molecular weight excluding hydrogens is 293 g/mol. The molecule has 0 atom stereocenters. The molecule has 2 N–H and O–H groups in total. The van der Waals surface area contributed by atoms with Crippen molar-refractivity contribution in [3.05, 3.63) is 52.8 Å². The third-order valence-corrected chi connectivity index (χ3v) is 3.46. The zero-order valence-corrected chi connectivity index (χ0v) is 11.8. The molecule has 0 radical (unpaired) electrons. The second-order valence-corrected chi connectivity index (χ2v) is 4.96. The monoisotopic (exact) mass is 303 g/mol. The van der Waals surface area contributed by atoms with Crippen LogP contribution in [0.1, 0.15) is 5.56 Å². The van der Waals surface area contributed by atoms with E-state index in [9.17, 15) is 4.39 Å². The maximum Gasteiger partial charge on any atom is 0.187 e. The minimum absolute atomic E-state index is 0.110. The van der Waals surface area contributed by atoms with E-state index in [4.69, 9.17) is 17.3 Å². The Bertz CT molecular complexity index is 795. The van der Waals surface area contributed by atoms with E-state index in [-0.39, 0.29) is 10.7 Å². The number of hydrogen-bond donors (Lipinski definition) is 1. The van der Waals surface area contributed by atoms with Crippen molar-refractivity contribution in [3.63, 3.8) is 0 Å². The summed E-state index contributed by atoms with van der Waals surface area (Å²) in [5, 5.41) is 11.6. The Morgan fingerprint density at radius 3 is 2.76 bits per heavy atom. The number of nitrogen functional groups attached to an aromatic ring is 1. The minimum atomic E-state index is -0.504. The summed E-state index contributed by atoms with van der Waals surface area (Å²) < 4.78 is 15.3. The Labute approximate surface area is 125 Å². The zero-order valence-electron chi connectivity index (χ0n) is 11.1. The molecule has 0 saturated carbocycles. The van der Waals surface area contributed by atoms with Gasteiger partial charge in [-0.3, -0.25) is 0 Å². The summed E-state index contributed by atoms with van der Waals surface area (Å²) in [5.74, 6) is -0.134. The second kappa shape index (κ2) is 5.14. The van der Waals surface area contributed by atoms with Gasteiger partial charge in [-0.05, 0) is 41.1 Å². The summed E-state index contributed by atoms with van der Waals surface area (Å²) in [7, 11) is 0. The molecule has 0 aliphatic rings. The van der Waals surface area contributed by atoms with Crippen molar-refractivity contribution in [1.29, 1.82) is 0 Å². The number of hydrogen-bond acceptors (Lipinski definition) is 4. The highest BCUT2D eigenvalue weighted by atomic mass is 35.5. The van der Waals surface area contributed by atoms with E-state index in [0.717, 1.165) is 5.56 Å². The van der Waals surface area contributed by atoms with E-state index in [0.29, 0.717) is 17.1 Å². The summed E-state index contributed by atoms with van der Waals surface area (Å²) in [6.07, 6.45) is 0. The van der Waals surface area contributed by atoms with Crippen molar-refractivity contribution >= 4 is 17.3 Å². The number of nitrogens with two attached hydrogens (primary N) is 1. The lowest BCUT2D eigenvalue weighted by molar-refractivity contribution is 0.608. The third-order valence-electron chi connectivity index (χ3n) is 3.16. The lowest BCUT2D eigenvalue weighted by Crippen LogP contribution is -2.04. The highest BCUT2D eigenvalue weighted by molar-refractivity contribution is 6.32. The van der Waals surface area contributed by atoms with Crippen molar-refractivity contribution in [2.45, 2.75) is 6.92 Å². The van der Waals surface area contributed by atoms with Gasteiger partial charge in [0.05, 0.1) is 5.02 Å². The molecule has 0 fully saturated rings. The number of tetrazole rings is 1. The van der Waals surface area contributed by atoms with Gasteiger partial charge in [-0.2, -0.15) is 4.68 Å². The summed E-state index contributed by atoms with van der Waals surface area (Å²) in [4.78, 5) is 0. The number of aromatic nitrogens is 4. The van der Waals surface area contributed by atoms with Gasteiger partial charge in [0.2, 0.25) is 0 Å². The van der Waals surface area contributed by atoms with Gasteiger partial charge in [0.25, 0.3) is 0 Å². The predicted molar refractivity (Wildman–Crippen MR) is 78.7 cm³/mol. The molecule has 0 unspecified atom stereocenters. The highest BCUT2D eigenvalue weighted by Crippen LogP contribution is 2.28. The highest BCUT2D eigenvalue weighted by Gasteiger charge is 2.17. The molecule has 2 aromatic carbocycles. The number of aryl methyl sites for hydroxylation is 1. The van der Waals surface area contributed by atoms with E-state index in [1.54, 1.807) is 12.1 Å². The molecule has 0 spiro atoms. The molecule has 0 amide bonds. The lowest BCUT2D eigenvalue weighted by atomic mass is 10.1. The number of halogens is 2. The van der Waals surface area contributed by atoms with Crippen molar-refractivity contribution in [2.75, 3.05) is 5.73 Å². The van der Waals surface area contributed by atoms with E-state index in [2.05, 4.69) is 15.5 Å². The van der Waals surface area contributed by atoms with Crippen LogP contribution in [-0.4, -0.2) is 20.2 Å². The van der Waals surface area contributed by atoms with Crippen molar-refractivity contribution < 1.29 is 4.39 Å². The molecule has 1 aromatic heterocycles. The zero-order chi connectivity index (χ0) is 15.0. The molecule has 3 aromatic rings. The molecule has 3 rings (SSSR count). The van der Waals surface area contributed by atoms with Crippen molar-refractivity contribution in [3.8, 4) is 17.1 Å². The van der Waals surface area contributed by atoms with Crippen molar-refractivity contribution in [2.24, 2.45) is 0 Å².